The number of halogens is 5. The lowest BCUT2D eigenvalue weighted by molar-refractivity contribution is -0.147. The summed E-state index contributed by atoms with van der Waals surface area (Å²) in [7, 11) is 0. The Kier molecular flexibility index (Phi) is 4.29. The Hall–Kier alpha value is -1.21. The minimum atomic E-state index is -4.33. The standard InChI is InChI=1S/C13H15F5N2/c14-8-1-4-11(15)10(5-8)12(19)6-20(9-2-3-9)7-13(16,17)18/h1,4-5,9,12H,2-3,6-7,19H2. The monoisotopic (exact) mass is 294 g/mol. The second kappa shape index (κ2) is 5.65. The lowest BCUT2D eigenvalue weighted by Gasteiger charge is -2.26. The van der Waals surface area contributed by atoms with Crippen molar-refractivity contribution in [1.82, 2.24) is 4.90 Å². The van der Waals surface area contributed by atoms with E-state index in [1.807, 2.05) is 0 Å². The third kappa shape index (κ3) is 4.14. The van der Waals surface area contributed by atoms with Gasteiger partial charge in [0.1, 0.15) is 11.6 Å². The molecule has 0 heterocycles. The maximum absolute atomic E-state index is 13.5. The van der Waals surface area contributed by atoms with Gasteiger partial charge in [-0.15, -0.1) is 0 Å². The summed E-state index contributed by atoms with van der Waals surface area (Å²) >= 11 is 0. The van der Waals surface area contributed by atoms with Gasteiger partial charge in [-0.05, 0) is 31.0 Å². The third-order valence-corrected chi connectivity index (χ3v) is 3.23. The lowest BCUT2D eigenvalue weighted by atomic mass is 10.1. The number of nitrogens with zero attached hydrogens (tertiary/aromatic N) is 1. The van der Waals surface area contributed by atoms with Crippen molar-refractivity contribution >= 4 is 0 Å². The number of nitrogens with two attached hydrogens (primary N) is 1. The van der Waals surface area contributed by atoms with Crippen molar-refractivity contribution in [2.75, 3.05) is 13.1 Å². The molecule has 0 radical (unpaired) electrons. The van der Waals surface area contributed by atoms with Crippen molar-refractivity contribution in [3.63, 3.8) is 0 Å². The van der Waals surface area contributed by atoms with Crippen LogP contribution in [0.3, 0.4) is 0 Å². The number of alkyl halides is 3. The predicted molar refractivity (Wildman–Crippen MR) is 63.9 cm³/mol. The van der Waals surface area contributed by atoms with Crippen LogP contribution >= 0.6 is 0 Å². The first-order valence-corrected chi connectivity index (χ1v) is 6.27. The zero-order valence-corrected chi connectivity index (χ0v) is 10.6. The fraction of sp³-hybridized carbons (Fsp3) is 0.538. The topological polar surface area (TPSA) is 29.3 Å². The number of hydrogen-bond acceptors (Lipinski definition) is 2. The summed E-state index contributed by atoms with van der Waals surface area (Å²) in [6.07, 6.45) is -2.98. The average Bonchev–Trinajstić information content (AvgIpc) is 3.13. The van der Waals surface area contributed by atoms with Crippen LogP contribution in [0.5, 0.6) is 0 Å². The van der Waals surface area contributed by atoms with E-state index in [4.69, 9.17) is 5.73 Å². The molecule has 0 spiro atoms. The van der Waals surface area contributed by atoms with E-state index in [1.165, 1.54) is 4.90 Å². The summed E-state index contributed by atoms with van der Waals surface area (Å²) < 4.78 is 64.0. The molecule has 1 aliphatic carbocycles. The van der Waals surface area contributed by atoms with Crippen molar-refractivity contribution in [3.8, 4) is 0 Å². The Bertz CT molecular complexity index is 470. The van der Waals surface area contributed by atoms with E-state index < -0.39 is 30.4 Å². The minimum Gasteiger partial charge on any atom is -0.323 e. The van der Waals surface area contributed by atoms with Crippen molar-refractivity contribution in [2.24, 2.45) is 5.73 Å². The Balaban J connectivity index is 2.08. The molecule has 0 bridgehead atoms. The minimum absolute atomic E-state index is 0.0992. The highest BCUT2D eigenvalue weighted by Crippen LogP contribution is 2.31. The number of rotatable bonds is 5. The largest absolute Gasteiger partial charge is 0.401 e. The Morgan fingerprint density at radius 2 is 1.90 bits per heavy atom. The highest BCUT2D eigenvalue weighted by molar-refractivity contribution is 5.22. The molecule has 1 aromatic rings. The van der Waals surface area contributed by atoms with E-state index >= 15 is 0 Å². The molecule has 1 unspecified atom stereocenters. The summed E-state index contributed by atoms with van der Waals surface area (Å²) in [5, 5.41) is 0. The zero-order valence-electron chi connectivity index (χ0n) is 10.6. The summed E-state index contributed by atoms with van der Waals surface area (Å²) in [6.45, 7) is -1.23. The Morgan fingerprint density at radius 3 is 2.45 bits per heavy atom. The Labute approximate surface area is 113 Å². The highest BCUT2D eigenvalue weighted by Gasteiger charge is 2.38. The second-order valence-electron chi connectivity index (χ2n) is 5.05. The molecule has 0 aliphatic heterocycles. The van der Waals surface area contributed by atoms with Crippen molar-refractivity contribution in [1.29, 1.82) is 0 Å². The van der Waals surface area contributed by atoms with Crippen LogP contribution in [-0.2, 0) is 0 Å². The molecule has 0 saturated heterocycles. The fourth-order valence-corrected chi connectivity index (χ4v) is 2.16. The van der Waals surface area contributed by atoms with Crippen LogP contribution in [-0.4, -0.2) is 30.2 Å². The van der Waals surface area contributed by atoms with E-state index in [0.717, 1.165) is 18.2 Å². The molecule has 112 valence electrons. The molecule has 1 saturated carbocycles. The average molecular weight is 294 g/mol. The molecule has 1 aromatic carbocycles. The van der Waals surface area contributed by atoms with Gasteiger partial charge in [-0.25, -0.2) is 8.78 Å². The maximum atomic E-state index is 13.5. The van der Waals surface area contributed by atoms with Crippen LogP contribution < -0.4 is 5.73 Å². The van der Waals surface area contributed by atoms with Gasteiger partial charge in [0.2, 0.25) is 0 Å². The van der Waals surface area contributed by atoms with Crippen LogP contribution in [0.25, 0.3) is 0 Å². The van der Waals surface area contributed by atoms with Gasteiger partial charge in [0.15, 0.2) is 0 Å². The van der Waals surface area contributed by atoms with Gasteiger partial charge in [0.25, 0.3) is 0 Å². The Morgan fingerprint density at radius 1 is 1.25 bits per heavy atom. The van der Waals surface area contributed by atoms with Crippen molar-refractivity contribution < 1.29 is 22.0 Å². The normalized spacial score (nSPS) is 17.6. The summed E-state index contributed by atoms with van der Waals surface area (Å²) in [6, 6.07) is 1.64. The fourth-order valence-electron chi connectivity index (χ4n) is 2.16. The first-order valence-electron chi connectivity index (χ1n) is 6.27. The van der Waals surface area contributed by atoms with Crippen LogP contribution in [0.4, 0.5) is 22.0 Å². The summed E-state index contributed by atoms with van der Waals surface area (Å²) in [4.78, 5) is 1.19. The van der Waals surface area contributed by atoms with Gasteiger partial charge >= 0.3 is 6.18 Å². The zero-order chi connectivity index (χ0) is 14.9. The predicted octanol–water partition coefficient (Wildman–Crippen LogP) is 2.99. The molecule has 0 amide bonds. The molecule has 0 aromatic heterocycles. The van der Waals surface area contributed by atoms with Gasteiger partial charge in [0.05, 0.1) is 6.54 Å². The molecule has 1 aliphatic rings. The van der Waals surface area contributed by atoms with Gasteiger partial charge in [-0.1, -0.05) is 0 Å². The van der Waals surface area contributed by atoms with Gasteiger partial charge < -0.3 is 5.73 Å². The third-order valence-electron chi connectivity index (χ3n) is 3.23. The molecule has 1 fully saturated rings. The van der Waals surface area contributed by atoms with E-state index in [9.17, 15) is 22.0 Å². The first kappa shape index (κ1) is 15.2. The summed E-state index contributed by atoms with van der Waals surface area (Å²) in [5.74, 6) is -1.37. The molecule has 7 heteroatoms. The molecule has 2 rings (SSSR count). The van der Waals surface area contributed by atoms with Gasteiger partial charge in [-0.2, -0.15) is 13.2 Å². The number of hydrogen-bond donors (Lipinski definition) is 1. The molecule has 1 atom stereocenters. The van der Waals surface area contributed by atoms with Crippen LogP contribution in [0.2, 0.25) is 0 Å². The molecular formula is C13H15F5N2. The van der Waals surface area contributed by atoms with E-state index in [-0.39, 0.29) is 18.2 Å². The quantitative estimate of drug-likeness (QED) is 0.846. The maximum Gasteiger partial charge on any atom is 0.401 e. The van der Waals surface area contributed by atoms with Crippen molar-refractivity contribution in [2.45, 2.75) is 31.1 Å². The van der Waals surface area contributed by atoms with E-state index in [0.29, 0.717) is 12.8 Å². The second-order valence-corrected chi connectivity index (χ2v) is 5.05. The molecule has 2 nitrogen and oxygen atoms in total. The van der Waals surface area contributed by atoms with Gasteiger partial charge in [-0.3, -0.25) is 4.90 Å². The van der Waals surface area contributed by atoms with Crippen LogP contribution in [0.1, 0.15) is 24.4 Å². The van der Waals surface area contributed by atoms with E-state index in [1.54, 1.807) is 0 Å². The highest BCUT2D eigenvalue weighted by atomic mass is 19.4. The van der Waals surface area contributed by atoms with Gasteiger partial charge in [0, 0.05) is 24.2 Å². The number of benzene rings is 1. The van der Waals surface area contributed by atoms with Crippen LogP contribution in [0.15, 0.2) is 18.2 Å². The van der Waals surface area contributed by atoms with Crippen molar-refractivity contribution in [3.05, 3.63) is 35.4 Å². The summed E-state index contributed by atoms with van der Waals surface area (Å²) in [5.41, 5.74) is 5.64. The molecule has 2 N–H and O–H groups in total. The first-order chi connectivity index (χ1) is 9.26. The SMILES string of the molecule is NC(CN(CC(F)(F)F)C1CC1)c1cc(F)ccc1F. The lowest BCUT2D eigenvalue weighted by Crippen LogP contribution is -2.40. The molecule has 20 heavy (non-hydrogen) atoms. The molecular weight excluding hydrogens is 279 g/mol. The smallest absolute Gasteiger partial charge is 0.323 e. The van der Waals surface area contributed by atoms with Crippen LogP contribution in [0, 0.1) is 11.6 Å². The van der Waals surface area contributed by atoms with E-state index in [2.05, 4.69) is 0 Å².